The van der Waals surface area contributed by atoms with Gasteiger partial charge in [-0.2, -0.15) is 0 Å². The molecular weight excluding hydrogens is 222 g/mol. The van der Waals surface area contributed by atoms with Gasteiger partial charge in [-0.1, -0.05) is 6.07 Å². The van der Waals surface area contributed by atoms with Gasteiger partial charge in [0.05, 0.1) is 0 Å². The van der Waals surface area contributed by atoms with Crippen LogP contribution >= 0.6 is 0 Å². The highest BCUT2D eigenvalue weighted by Crippen LogP contribution is 2.35. The molecule has 6 nitrogen and oxygen atoms in total. The highest BCUT2D eigenvalue weighted by molar-refractivity contribution is 5.91. The van der Waals surface area contributed by atoms with Crippen LogP contribution < -0.4 is 11.1 Å². The third kappa shape index (κ3) is 2.06. The number of pyridine rings is 1. The van der Waals surface area contributed by atoms with E-state index in [1.54, 1.807) is 12.1 Å². The number of primary amides is 1. The lowest BCUT2D eigenvalue weighted by molar-refractivity contribution is -0.145. The van der Waals surface area contributed by atoms with Crippen molar-refractivity contribution in [2.24, 2.45) is 5.73 Å². The lowest BCUT2D eigenvalue weighted by atomic mass is 9.77. The molecule has 0 unspecified atom stereocenters. The van der Waals surface area contributed by atoms with E-state index in [-0.39, 0.29) is 5.69 Å². The van der Waals surface area contributed by atoms with Gasteiger partial charge in [-0.05, 0) is 31.4 Å². The summed E-state index contributed by atoms with van der Waals surface area (Å²) in [5, 5.41) is 12.0. The van der Waals surface area contributed by atoms with Crippen LogP contribution in [0.4, 0.5) is 5.82 Å². The molecule has 1 aliphatic rings. The lowest BCUT2D eigenvalue weighted by Crippen LogP contribution is -2.52. The molecule has 0 radical (unpaired) electrons. The zero-order chi connectivity index (χ0) is 12.5. The number of carboxylic acids is 1. The number of amides is 1. The largest absolute Gasteiger partial charge is 0.480 e. The number of nitrogens with zero attached hydrogens (tertiary/aromatic N) is 1. The molecule has 4 N–H and O–H groups in total. The molecule has 0 aliphatic heterocycles. The number of carbonyl (C=O) groups excluding carboxylic acids is 1. The second-order valence-corrected chi connectivity index (χ2v) is 4.14. The van der Waals surface area contributed by atoms with E-state index in [9.17, 15) is 9.59 Å². The molecule has 0 atom stereocenters. The van der Waals surface area contributed by atoms with Crippen molar-refractivity contribution in [3.8, 4) is 0 Å². The Morgan fingerprint density at radius 2 is 2.12 bits per heavy atom. The topological polar surface area (TPSA) is 105 Å². The first-order chi connectivity index (χ1) is 8.03. The summed E-state index contributed by atoms with van der Waals surface area (Å²) in [6, 6.07) is 4.72. The highest BCUT2D eigenvalue weighted by Gasteiger charge is 2.44. The van der Waals surface area contributed by atoms with E-state index in [2.05, 4.69) is 10.3 Å². The molecule has 0 aromatic carbocycles. The Morgan fingerprint density at radius 1 is 1.41 bits per heavy atom. The number of nitrogens with one attached hydrogen (secondary N) is 1. The summed E-state index contributed by atoms with van der Waals surface area (Å²) in [4.78, 5) is 26.1. The number of nitrogens with two attached hydrogens (primary N) is 1. The van der Waals surface area contributed by atoms with Crippen molar-refractivity contribution in [1.29, 1.82) is 0 Å². The average Bonchev–Trinajstić information content (AvgIpc) is 2.23. The predicted octanol–water partition coefficient (Wildman–Crippen LogP) is 0.600. The minimum atomic E-state index is -0.941. The molecule has 0 saturated heterocycles. The summed E-state index contributed by atoms with van der Waals surface area (Å²) in [6.07, 6.45) is 1.99. The molecule has 1 aromatic heterocycles. The van der Waals surface area contributed by atoms with Crippen LogP contribution in [0.2, 0.25) is 0 Å². The van der Waals surface area contributed by atoms with Crippen LogP contribution in [0.15, 0.2) is 18.2 Å². The minimum absolute atomic E-state index is 0.120. The van der Waals surface area contributed by atoms with Crippen LogP contribution in [0.5, 0.6) is 0 Å². The predicted molar refractivity (Wildman–Crippen MR) is 60.6 cm³/mol. The van der Waals surface area contributed by atoms with Crippen molar-refractivity contribution < 1.29 is 14.7 Å². The minimum Gasteiger partial charge on any atom is -0.480 e. The number of carbonyl (C=O) groups is 2. The summed E-state index contributed by atoms with van der Waals surface area (Å²) < 4.78 is 0. The van der Waals surface area contributed by atoms with Crippen molar-refractivity contribution in [2.45, 2.75) is 24.8 Å². The molecule has 0 spiro atoms. The maximum atomic E-state index is 11.1. The standard InChI is InChI=1S/C11H13N3O3/c12-9(15)7-3-1-4-8(13-7)14-11(10(16)17)5-2-6-11/h1,3-4H,2,5-6H2,(H2,12,15)(H,13,14)(H,16,17). The molecular formula is C11H13N3O3. The van der Waals surface area contributed by atoms with Crippen LogP contribution in [0.25, 0.3) is 0 Å². The lowest BCUT2D eigenvalue weighted by Gasteiger charge is -2.38. The van der Waals surface area contributed by atoms with E-state index < -0.39 is 17.4 Å². The Labute approximate surface area is 97.8 Å². The Hall–Kier alpha value is -2.11. The molecule has 17 heavy (non-hydrogen) atoms. The first-order valence-electron chi connectivity index (χ1n) is 5.32. The fraction of sp³-hybridized carbons (Fsp3) is 0.364. The van der Waals surface area contributed by atoms with Gasteiger partial charge in [-0.3, -0.25) is 4.79 Å². The first-order valence-corrected chi connectivity index (χ1v) is 5.32. The van der Waals surface area contributed by atoms with Crippen LogP contribution in [0.3, 0.4) is 0 Å². The van der Waals surface area contributed by atoms with E-state index in [1.165, 1.54) is 6.07 Å². The fourth-order valence-electron chi connectivity index (χ4n) is 1.81. The van der Waals surface area contributed by atoms with Crippen molar-refractivity contribution in [3.05, 3.63) is 23.9 Å². The van der Waals surface area contributed by atoms with Gasteiger partial charge in [0.1, 0.15) is 17.1 Å². The van der Waals surface area contributed by atoms with E-state index in [0.29, 0.717) is 18.7 Å². The second kappa shape index (κ2) is 4.04. The van der Waals surface area contributed by atoms with Gasteiger partial charge in [0, 0.05) is 0 Å². The smallest absolute Gasteiger partial charge is 0.329 e. The van der Waals surface area contributed by atoms with E-state index >= 15 is 0 Å². The van der Waals surface area contributed by atoms with Crippen LogP contribution in [0.1, 0.15) is 29.8 Å². The van der Waals surface area contributed by atoms with Gasteiger partial charge < -0.3 is 16.2 Å². The van der Waals surface area contributed by atoms with Gasteiger partial charge in [-0.25, -0.2) is 9.78 Å². The zero-order valence-electron chi connectivity index (χ0n) is 9.14. The third-order valence-electron chi connectivity index (χ3n) is 2.99. The molecule has 1 amide bonds. The molecule has 1 heterocycles. The van der Waals surface area contributed by atoms with Gasteiger partial charge >= 0.3 is 5.97 Å². The number of aliphatic carboxylic acids is 1. The molecule has 1 saturated carbocycles. The van der Waals surface area contributed by atoms with Crippen molar-refractivity contribution in [2.75, 3.05) is 5.32 Å². The Balaban J connectivity index is 2.21. The Bertz CT molecular complexity index is 469. The highest BCUT2D eigenvalue weighted by atomic mass is 16.4. The number of hydrogen-bond donors (Lipinski definition) is 3. The number of hydrogen-bond acceptors (Lipinski definition) is 4. The summed E-state index contributed by atoms with van der Waals surface area (Å²) in [5.41, 5.74) is 4.29. The van der Waals surface area contributed by atoms with Gasteiger partial charge in [0.15, 0.2) is 0 Å². The molecule has 2 rings (SSSR count). The normalized spacial score (nSPS) is 16.9. The van der Waals surface area contributed by atoms with Gasteiger partial charge in [0.2, 0.25) is 0 Å². The summed E-state index contributed by atoms with van der Waals surface area (Å²) in [6.45, 7) is 0. The van der Waals surface area contributed by atoms with Crippen LogP contribution in [0, 0.1) is 0 Å². The van der Waals surface area contributed by atoms with Crippen molar-refractivity contribution in [1.82, 2.24) is 4.98 Å². The monoisotopic (exact) mass is 235 g/mol. The first kappa shape index (κ1) is 11.4. The zero-order valence-corrected chi connectivity index (χ0v) is 9.14. The Kier molecular flexibility index (Phi) is 2.71. The summed E-state index contributed by atoms with van der Waals surface area (Å²) >= 11 is 0. The molecule has 1 fully saturated rings. The third-order valence-corrected chi connectivity index (χ3v) is 2.99. The van der Waals surface area contributed by atoms with Gasteiger partial charge in [-0.15, -0.1) is 0 Å². The van der Waals surface area contributed by atoms with Gasteiger partial charge in [0.25, 0.3) is 5.91 Å². The summed E-state index contributed by atoms with van der Waals surface area (Å²) in [5.74, 6) is -1.16. The maximum Gasteiger partial charge on any atom is 0.329 e. The number of carboxylic acid groups (broad SMARTS) is 1. The SMILES string of the molecule is NC(=O)c1cccc(NC2(C(=O)O)CCC2)n1. The molecule has 0 bridgehead atoms. The molecule has 6 heteroatoms. The number of anilines is 1. The number of rotatable bonds is 4. The van der Waals surface area contributed by atoms with Crippen LogP contribution in [-0.2, 0) is 4.79 Å². The molecule has 1 aromatic rings. The number of aromatic nitrogens is 1. The quantitative estimate of drug-likeness (QED) is 0.708. The fourth-order valence-corrected chi connectivity index (χ4v) is 1.81. The Morgan fingerprint density at radius 3 is 2.59 bits per heavy atom. The van der Waals surface area contributed by atoms with Crippen molar-refractivity contribution >= 4 is 17.7 Å². The summed E-state index contributed by atoms with van der Waals surface area (Å²) in [7, 11) is 0. The van der Waals surface area contributed by atoms with Crippen molar-refractivity contribution in [3.63, 3.8) is 0 Å². The molecule has 90 valence electrons. The molecule has 1 aliphatic carbocycles. The maximum absolute atomic E-state index is 11.1. The van der Waals surface area contributed by atoms with E-state index in [4.69, 9.17) is 10.8 Å². The van der Waals surface area contributed by atoms with Crippen LogP contribution in [-0.4, -0.2) is 27.5 Å². The van der Waals surface area contributed by atoms with E-state index in [0.717, 1.165) is 6.42 Å². The average molecular weight is 235 g/mol. The second-order valence-electron chi connectivity index (χ2n) is 4.14. The van der Waals surface area contributed by atoms with E-state index in [1.807, 2.05) is 0 Å².